The number of aryl methyl sites for hydroxylation is 1. The zero-order chi connectivity index (χ0) is 17.7. The number of nitrogens with one attached hydrogen (secondary N) is 1. The molecule has 1 atom stereocenters. The molecule has 0 radical (unpaired) electrons. The third-order valence-corrected chi connectivity index (χ3v) is 5.07. The molecule has 6 nitrogen and oxygen atoms in total. The molecule has 0 saturated carbocycles. The van der Waals surface area contributed by atoms with Gasteiger partial charge in [0.2, 0.25) is 5.91 Å². The van der Waals surface area contributed by atoms with Crippen LogP contribution in [0.4, 0.5) is 0 Å². The van der Waals surface area contributed by atoms with Crippen molar-refractivity contribution in [2.45, 2.75) is 52.6 Å². The van der Waals surface area contributed by atoms with Gasteiger partial charge in [0.05, 0.1) is 12.2 Å². The average molecular weight is 336 g/mol. The van der Waals surface area contributed by atoms with E-state index in [1.165, 1.54) is 0 Å². The topological polar surface area (TPSA) is 70.4 Å². The fraction of sp³-hybridized carbons (Fsp3) is 0.778. The summed E-state index contributed by atoms with van der Waals surface area (Å²) < 4.78 is 1.86. The number of piperidine rings is 1. The highest BCUT2D eigenvalue weighted by atomic mass is 16.3. The maximum absolute atomic E-state index is 12.9. The van der Waals surface area contributed by atoms with Crippen molar-refractivity contribution in [1.82, 2.24) is 20.0 Å². The van der Waals surface area contributed by atoms with Gasteiger partial charge in [-0.2, -0.15) is 5.10 Å². The molecule has 1 aromatic heterocycles. The molecule has 0 bridgehead atoms. The maximum Gasteiger partial charge on any atom is 0.239 e. The molecule has 0 aromatic carbocycles. The van der Waals surface area contributed by atoms with Crippen molar-refractivity contribution in [1.29, 1.82) is 0 Å². The van der Waals surface area contributed by atoms with Crippen molar-refractivity contribution in [3.8, 4) is 0 Å². The number of hydrogen-bond acceptors (Lipinski definition) is 4. The lowest BCUT2D eigenvalue weighted by atomic mass is 9.96. The van der Waals surface area contributed by atoms with Crippen molar-refractivity contribution in [3.05, 3.63) is 17.5 Å². The molecule has 1 amide bonds. The molecule has 6 heteroatoms. The largest absolute Gasteiger partial charge is 0.396 e. The Morgan fingerprint density at radius 3 is 2.58 bits per heavy atom. The molecule has 1 unspecified atom stereocenters. The van der Waals surface area contributed by atoms with Gasteiger partial charge in [0.15, 0.2) is 0 Å². The number of hydrogen-bond donors (Lipinski definition) is 2. The number of rotatable bonds is 7. The fourth-order valence-corrected chi connectivity index (χ4v) is 3.25. The third-order valence-electron chi connectivity index (χ3n) is 5.07. The SMILES string of the molecule is Cc1c(CNC(CC(C)C)C(=O)N2CCC(CO)CC2)cnn1C. The maximum atomic E-state index is 12.9. The molecule has 1 fully saturated rings. The van der Waals surface area contributed by atoms with E-state index < -0.39 is 0 Å². The summed E-state index contributed by atoms with van der Waals surface area (Å²) in [5.74, 6) is 1.00. The van der Waals surface area contributed by atoms with Crippen LogP contribution in [-0.2, 0) is 18.4 Å². The van der Waals surface area contributed by atoms with Crippen molar-refractivity contribution in [2.24, 2.45) is 18.9 Å². The molecular weight excluding hydrogens is 304 g/mol. The van der Waals surface area contributed by atoms with E-state index in [1.807, 2.05) is 29.7 Å². The molecule has 1 aliphatic heterocycles. The minimum absolute atomic E-state index is 0.157. The van der Waals surface area contributed by atoms with Gasteiger partial charge in [-0.3, -0.25) is 9.48 Å². The fourth-order valence-electron chi connectivity index (χ4n) is 3.25. The number of aliphatic hydroxyl groups is 1. The minimum atomic E-state index is -0.157. The molecule has 2 N–H and O–H groups in total. The van der Waals surface area contributed by atoms with E-state index in [-0.39, 0.29) is 18.6 Å². The van der Waals surface area contributed by atoms with Gasteiger partial charge in [-0.1, -0.05) is 13.8 Å². The van der Waals surface area contributed by atoms with Crippen LogP contribution < -0.4 is 5.32 Å². The Bertz CT molecular complexity index is 533. The summed E-state index contributed by atoms with van der Waals surface area (Å²) in [4.78, 5) is 14.9. The zero-order valence-electron chi connectivity index (χ0n) is 15.5. The summed E-state index contributed by atoms with van der Waals surface area (Å²) in [5, 5.41) is 17.0. The summed E-state index contributed by atoms with van der Waals surface area (Å²) >= 11 is 0. The van der Waals surface area contributed by atoms with Crippen LogP contribution in [0.15, 0.2) is 6.20 Å². The highest BCUT2D eigenvalue weighted by Crippen LogP contribution is 2.19. The summed E-state index contributed by atoms with van der Waals surface area (Å²) in [6.45, 7) is 8.75. The molecule has 24 heavy (non-hydrogen) atoms. The van der Waals surface area contributed by atoms with E-state index in [4.69, 9.17) is 0 Å². The molecular formula is C18H32N4O2. The number of nitrogens with zero attached hydrogens (tertiary/aromatic N) is 3. The van der Waals surface area contributed by atoms with Gasteiger partial charge in [-0.25, -0.2) is 0 Å². The lowest BCUT2D eigenvalue weighted by Crippen LogP contribution is -2.49. The molecule has 0 spiro atoms. The van der Waals surface area contributed by atoms with Crippen LogP contribution >= 0.6 is 0 Å². The second-order valence-corrected chi connectivity index (χ2v) is 7.39. The van der Waals surface area contributed by atoms with E-state index in [1.54, 1.807) is 0 Å². The Labute approximate surface area is 145 Å². The Morgan fingerprint density at radius 1 is 1.42 bits per heavy atom. The van der Waals surface area contributed by atoms with Crippen molar-refractivity contribution >= 4 is 5.91 Å². The summed E-state index contributed by atoms with van der Waals surface area (Å²) in [7, 11) is 1.93. The Hall–Kier alpha value is -1.40. The van der Waals surface area contributed by atoms with Crippen LogP contribution in [-0.4, -0.2) is 51.4 Å². The highest BCUT2D eigenvalue weighted by Gasteiger charge is 2.28. The van der Waals surface area contributed by atoms with Gasteiger partial charge in [-0.15, -0.1) is 0 Å². The van der Waals surface area contributed by atoms with E-state index in [9.17, 15) is 9.90 Å². The van der Waals surface area contributed by atoms with Gasteiger partial charge < -0.3 is 15.3 Å². The van der Waals surface area contributed by atoms with Gasteiger partial charge in [0, 0.05) is 44.5 Å². The van der Waals surface area contributed by atoms with Crippen LogP contribution in [0.1, 0.15) is 44.4 Å². The van der Waals surface area contributed by atoms with Gasteiger partial charge >= 0.3 is 0 Å². The highest BCUT2D eigenvalue weighted by molar-refractivity contribution is 5.82. The lowest BCUT2D eigenvalue weighted by molar-refractivity contribution is -0.135. The number of carbonyl (C=O) groups is 1. The average Bonchev–Trinajstić information content (AvgIpc) is 2.89. The van der Waals surface area contributed by atoms with Gasteiger partial charge in [-0.05, 0) is 38.0 Å². The van der Waals surface area contributed by atoms with Crippen molar-refractivity contribution in [3.63, 3.8) is 0 Å². The quantitative estimate of drug-likeness (QED) is 0.791. The van der Waals surface area contributed by atoms with Crippen LogP contribution in [0.3, 0.4) is 0 Å². The first-order chi connectivity index (χ1) is 11.4. The van der Waals surface area contributed by atoms with Crippen LogP contribution in [0.2, 0.25) is 0 Å². The van der Waals surface area contributed by atoms with Crippen LogP contribution in [0.5, 0.6) is 0 Å². The number of carbonyl (C=O) groups excluding carboxylic acids is 1. The normalized spacial score (nSPS) is 17.5. The Morgan fingerprint density at radius 2 is 2.08 bits per heavy atom. The standard InChI is InChI=1S/C18H32N4O2/c1-13(2)9-17(19-10-16-11-20-21(4)14(16)3)18(24)22-7-5-15(12-23)6-8-22/h11,13,15,17,19,23H,5-10,12H2,1-4H3. The molecule has 0 aliphatic carbocycles. The van der Waals surface area contributed by atoms with Crippen LogP contribution in [0, 0.1) is 18.8 Å². The first-order valence-corrected chi connectivity index (χ1v) is 9.02. The monoisotopic (exact) mass is 336 g/mol. The first kappa shape index (κ1) is 18.9. The van der Waals surface area contributed by atoms with Crippen LogP contribution in [0.25, 0.3) is 0 Å². The van der Waals surface area contributed by atoms with Gasteiger partial charge in [0.25, 0.3) is 0 Å². The summed E-state index contributed by atoms with van der Waals surface area (Å²) in [5.41, 5.74) is 2.26. The third kappa shape index (κ3) is 4.80. The zero-order valence-corrected chi connectivity index (χ0v) is 15.5. The molecule has 2 heterocycles. The summed E-state index contributed by atoms with van der Waals surface area (Å²) in [6.07, 6.45) is 4.50. The molecule has 1 aromatic rings. The number of aliphatic hydroxyl groups excluding tert-OH is 1. The molecule has 136 valence electrons. The van der Waals surface area contributed by atoms with Crippen molar-refractivity contribution in [2.75, 3.05) is 19.7 Å². The second kappa shape index (κ2) is 8.62. The Balaban J connectivity index is 1.96. The number of amides is 1. The first-order valence-electron chi connectivity index (χ1n) is 9.02. The smallest absolute Gasteiger partial charge is 0.239 e. The predicted octanol–water partition coefficient (Wildman–Crippen LogP) is 1.46. The number of aromatic nitrogens is 2. The molecule has 1 saturated heterocycles. The number of likely N-dealkylation sites (tertiary alicyclic amines) is 1. The van der Waals surface area contributed by atoms with E-state index in [2.05, 4.69) is 24.3 Å². The predicted molar refractivity (Wildman–Crippen MR) is 94.4 cm³/mol. The Kier molecular flexibility index (Phi) is 6.80. The lowest BCUT2D eigenvalue weighted by Gasteiger charge is -2.34. The minimum Gasteiger partial charge on any atom is -0.396 e. The van der Waals surface area contributed by atoms with E-state index >= 15 is 0 Å². The molecule has 1 aliphatic rings. The van der Waals surface area contributed by atoms with Crippen molar-refractivity contribution < 1.29 is 9.90 Å². The summed E-state index contributed by atoms with van der Waals surface area (Å²) in [6, 6.07) is -0.157. The molecule has 2 rings (SSSR count). The van der Waals surface area contributed by atoms with Gasteiger partial charge in [0.1, 0.15) is 0 Å². The van der Waals surface area contributed by atoms with E-state index in [0.29, 0.717) is 18.4 Å². The van der Waals surface area contributed by atoms with E-state index in [0.717, 1.165) is 43.6 Å². The second-order valence-electron chi connectivity index (χ2n) is 7.39.